The Morgan fingerprint density at radius 1 is 0.967 bits per heavy atom. The molecule has 0 radical (unpaired) electrons. The smallest absolute Gasteiger partial charge is 0.274 e. The molecule has 3 aromatic heterocycles. The standard InChI is InChI=1S/C23H23N5O2/c1-25-15-17(20-16-7-3-4-8-18(16)26(2)21(20)23(25)30)22(29)28-13-11-27(12-14-28)19-9-5-6-10-24-19/h3-10,15H,11-14H2,1-2H3. The van der Waals surface area contributed by atoms with Crippen LogP contribution in [0.2, 0.25) is 0 Å². The van der Waals surface area contributed by atoms with Gasteiger partial charge in [0.1, 0.15) is 11.3 Å². The van der Waals surface area contributed by atoms with Crippen LogP contribution in [0, 0.1) is 0 Å². The van der Waals surface area contributed by atoms with Gasteiger partial charge in [-0.1, -0.05) is 24.3 Å². The number of hydrogen-bond acceptors (Lipinski definition) is 4. The molecule has 0 spiro atoms. The zero-order chi connectivity index (χ0) is 20.8. The number of amides is 1. The van der Waals surface area contributed by atoms with Crippen molar-refractivity contribution in [1.29, 1.82) is 0 Å². The van der Waals surface area contributed by atoms with E-state index in [0.717, 1.165) is 35.2 Å². The summed E-state index contributed by atoms with van der Waals surface area (Å²) in [6.07, 6.45) is 3.47. The van der Waals surface area contributed by atoms with Gasteiger partial charge in [-0.3, -0.25) is 9.59 Å². The highest BCUT2D eigenvalue weighted by Gasteiger charge is 2.27. The number of nitrogens with zero attached hydrogens (tertiary/aromatic N) is 5. The van der Waals surface area contributed by atoms with E-state index < -0.39 is 0 Å². The molecule has 1 saturated heterocycles. The first kappa shape index (κ1) is 18.4. The summed E-state index contributed by atoms with van der Waals surface area (Å²) in [6, 6.07) is 13.7. The van der Waals surface area contributed by atoms with Crippen LogP contribution in [0.15, 0.2) is 59.7 Å². The van der Waals surface area contributed by atoms with E-state index in [1.807, 2.05) is 59.0 Å². The molecule has 1 aliphatic rings. The van der Waals surface area contributed by atoms with Crippen LogP contribution in [0.25, 0.3) is 21.8 Å². The molecule has 7 heteroatoms. The molecular formula is C23H23N5O2. The Morgan fingerprint density at radius 2 is 1.70 bits per heavy atom. The highest BCUT2D eigenvalue weighted by Crippen LogP contribution is 2.29. The van der Waals surface area contributed by atoms with Crippen molar-refractivity contribution in [2.45, 2.75) is 0 Å². The number of rotatable bonds is 2. The Bertz CT molecular complexity index is 1310. The van der Waals surface area contributed by atoms with Gasteiger partial charge in [0.2, 0.25) is 0 Å². The summed E-state index contributed by atoms with van der Waals surface area (Å²) >= 11 is 0. The Balaban J connectivity index is 1.54. The van der Waals surface area contributed by atoms with Crippen LogP contribution in [0.4, 0.5) is 5.82 Å². The zero-order valence-corrected chi connectivity index (χ0v) is 17.1. The molecule has 1 amide bonds. The molecular weight excluding hydrogens is 378 g/mol. The molecule has 7 nitrogen and oxygen atoms in total. The number of pyridine rings is 2. The predicted molar refractivity (Wildman–Crippen MR) is 118 cm³/mol. The number of benzene rings is 1. The van der Waals surface area contributed by atoms with Crippen molar-refractivity contribution in [3.05, 3.63) is 70.8 Å². The highest BCUT2D eigenvalue weighted by atomic mass is 16.2. The number of para-hydroxylation sites is 1. The molecule has 4 aromatic rings. The molecule has 1 fully saturated rings. The maximum Gasteiger partial charge on any atom is 0.274 e. The fourth-order valence-corrected chi connectivity index (χ4v) is 4.41. The average molecular weight is 401 g/mol. The van der Waals surface area contributed by atoms with Crippen LogP contribution >= 0.6 is 0 Å². The van der Waals surface area contributed by atoms with E-state index in [9.17, 15) is 9.59 Å². The molecule has 5 rings (SSSR count). The number of carbonyl (C=O) groups is 1. The lowest BCUT2D eigenvalue weighted by Crippen LogP contribution is -2.49. The van der Waals surface area contributed by atoms with E-state index in [4.69, 9.17) is 0 Å². The minimum Gasteiger partial charge on any atom is -0.353 e. The van der Waals surface area contributed by atoms with Crippen molar-refractivity contribution in [3.8, 4) is 0 Å². The number of carbonyl (C=O) groups excluding carboxylic acids is 1. The molecule has 0 atom stereocenters. The number of hydrogen-bond donors (Lipinski definition) is 0. The third-order valence-corrected chi connectivity index (χ3v) is 5.99. The van der Waals surface area contributed by atoms with Crippen LogP contribution in [-0.4, -0.2) is 51.1 Å². The molecule has 0 aliphatic carbocycles. The fourth-order valence-electron chi connectivity index (χ4n) is 4.41. The normalized spacial score (nSPS) is 14.6. The van der Waals surface area contributed by atoms with E-state index in [1.54, 1.807) is 19.4 Å². The van der Waals surface area contributed by atoms with Crippen LogP contribution < -0.4 is 10.5 Å². The molecule has 0 N–H and O–H groups in total. The topological polar surface area (TPSA) is 63.4 Å². The van der Waals surface area contributed by atoms with Gasteiger partial charge in [0.05, 0.1) is 5.56 Å². The zero-order valence-electron chi connectivity index (χ0n) is 17.1. The van der Waals surface area contributed by atoms with Crippen molar-refractivity contribution >= 4 is 33.5 Å². The first-order chi connectivity index (χ1) is 14.6. The highest BCUT2D eigenvalue weighted by molar-refractivity contribution is 6.17. The van der Waals surface area contributed by atoms with E-state index >= 15 is 0 Å². The molecule has 0 saturated carbocycles. The fraction of sp³-hybridized carbons (Fsp3) is 0.261. The predicted octanol–water partition coefficient (Wildman–Crippen LogP) is 2.39. The summed E-state index contributed by atoms with van der Waals surface area (Å²) in [6.45, 7) is 2.69. The number of anilines is 1. The van der Waals surface area contributed by atoms with Crippen molar-refractivity contribution < 1.29 is 4.79 Å². The third-order valence-electron chi connectivity index (χ3n) is 5.99. The Hall–Kier alpha value is -3.61. The summed E-state index contributed by atoms with van der Waals surface area (Å²) in [5, 5.41) is 1.68. The van der Waals surface area contributed by atoms with E-state index in [1.165, 1.54) is 4.57 Å². The van der Waals surface area contributed by atoms with Gasteiger partial charge in [0.25, 0.3) is 11.5 Å². The van der Waals surface area contributed by atoms with Crippen molar-refractivity contribution in [1.82, 2.24) is 19.0 Å². The maximum absolute atomic E-state index is 13.5. The van der Waals surface area contributed by atoms with Gasteiger partial charge in [-0.25, -0.2) is 4.98 Å². The first-order valence-electron chi connectivity index (χ1n) is 10.1. The van der Waals surface area contributed by atoms with Gasteiger partial charge in [-0.2, -0.15) is 0 Å². The van der Waals surface area contributed by atoms with Crippen LogP contribution in [-0.2, 0) is 14.1 Å². The third kappa shape index (κ3) is 2.77. The van der Waals surface area contributed by atoms with E-state index in [0.29, 0.717) is 24.2 Å². The molecule has 1 aliphatic heterocycles. The molecule has 0 bridgehead atoms. The lowest BCUT2D eigenvalue weighted by Gasteiger charge is -2.35. The van der Waals surface area contributed by atoms with Gasteiger partial charge in [0, 0.05) is 69.0 Å². The monoisotopic (exact) mass is 401 g/mol. The maximum atomic E-state index is 13.5. The summed E-state index contributed by atoms with van der Waals surface area (Å²) in [4.78, 5) is 34.9. The van der Waals surface area contributed by atoms with Crippen molar-refractivity contribution in [2.75, 3.05) is 31.1 Å². The Kier molecular flexibility index (Phi) is 4.31. The largest absolute Gasteiger partial charge is 0.353 e. The second kappa shape index (κ2) is 7.02. The second-order valence-electron chi connectivity index (χ2n) is 7.73. The minimum absolute atomic E-state index is 0.0346. The van der Waals surface area contributed by atoms with Crippen molar-refractivity contribution in [2.24, 2.45) is 14.1 Å². The second-order valence-corrected chi connectivity index (χ2v) is 7.73. The van der Waals surface area contributed by atoms with E-state index in [2.05, 4.69) is 9.88 Å². The van der Waals surface area contributed by atoms with Gasteiger partial charge in [-0.05, 0) is 18.2 Å². The van der Waals surface area contributed by atoms with Crippen molar-refractivity contribution in [3.63, 3.8) is 0 Å². The number of piperazine rings is 1. The van der Waals surface area contributed by atoms with Crippen LogP contribution in [0.3, 0.4) is 0 Å². The molecule has 1 aromatic carbocycles. The average Bonchev–Trinajstić information content (AvgIpc) is 3.09. The number of aromatic nitrogens is 3. The van der Waals surface area contributed by atoms with Gasteiger partial charge in [-0.15, -0.1) is 0 Å². The van der Waals surface area contributed by atoms with Gasteiger partial charge in [0.15, 0.2) is 0 Å². The SMILES string of the molecule is Cn1cc(C(=O)N2CCN(c3ccccn3)CC2)c2c3ccccc3n(C)c2c1=O. The van der Waals surface area contributed by atoms with Gasteiger partial charge >= 0.3 is 0 Å². The number of fused-ring (bicyclic) bond motifs is 3. The summed E-state index contributed by atoms with van der Waals surface area (Å²) in [5.74, 6) is 0.899. The minimum atomic E-state index is -0.0970. The van der Waals surface area contributed by atoms with Crippen LogP contribution in [0.1, 0.15) is 10.4 Å². The molecule has 152 valence electrons. The first-order valence-corrected chi connectivity index (χ1v) is 10.1. The van der Waals surface area contributed by atoms with E-state index in [-0.39, 0.29) is 11.5 Å². The lowest BCUT2D eigenvalue weighted by molar-refractivity contribution is 0.0747. The lowest BCUT2D eigenvalue weighted by atomic mass is 10.1. The number of aryl methyl sites for hydroxylation is 2. The molecule has 4 heterocycles. The Labute approximate surface area is 173 Å². The summed E-state index contributed by atoms with van der Waals surface area (Å²) in [5.41, 5.74) is 2.00. The molecule has 30 heavy (non-hydrogen) atoms. The summed E-state index contributed by atoms with van der Waals surface area (Å²) in [7, 11) is 3.58. The summed E-state index contributed by atoms with van der Waals surface area (Å²) < 4.78 is 3.40. The quantitative estimate of drug-likeness (QED) is 0.517. The Morgan fingerprint density at radius 3 is 2.43 bits per heavy atom. The van der Waals surface area contributed by atoms with Crippen LogP contribution in [0.5, 0.6) is 0 Å². The molecule has 0 unspecified atom stereocenters. The van der Waals surface area contributed by atoms with Gasteiger partial charge < -0.3 is 18.9 Å².